The summed E-state index contributed by atoms with van der Waals surface area (Å²) in [6, 6.07) is 0. The Morgan fingerprint density at radius 1 is 1.15 bits per heavy atom. The van der Waals surface area contributed by atoms with Crippen molar-refractivity contribution < 1.29 is 4.79 Å². The van der Waals surface area contributed by atoms with Crippen LogP contribution in [0.3, 0.4) is 0 Å². The maximum absolute atomic E-state index is 11.0. The number of primary amides is 1. The Morgan fingerprint density at radius 3 is 2.00 bits per heavy atom. The zero-order valence-electron chi connectivity index (χ0n) is 9.34. The first-order chi connectivity index (χ1) is 5.95. The van der Waals surface area contributed by atoms with E-state index in [4.69, 9.17) is 5.73 Å². The molecule has 0 saturated heterocycles. The van der Waals surface area contributed by atoms with Crippen molar-refractivity contribution in [3.63, 3.8) is 0 Å². The minimum Gasteiger partial charge on any atom is -0.369 e. The number of nitrogens with two attached hydrogens (primary N) is 1. The molecule has 0 rings (SSSR count). The smallest absolute Gasteiger partial charge is 0.220 e. The highest BCUT2D eigenvalue weighted by Crippen LogP contribution is 2.19. The maximum Gasteiger partial charge on any atom is 0.220 e. The third kappa shape index (κ3) is 5.67. The lowest BCUT2D eigenvalue weighted by Gasteiger charge is -2.17. The average Bonchev–Trinajstić information content (AvgIpc) is 1.95. The fraction of sp³-hybridized carbons (Fsp3) is 0.909. The third-order valence-electron chi connectivity index (χ3n) is 2.47. The fourth-order valence-electron chi connectivity index (χ4n) is 1.55. The molecule has 2 N–H and O–H groups in total. The second-order valence-corrected chi connectivity index (χ2v) is 4.58. The van der Waals surface area contributed by atoms with Gasteiger partial charge in [0, 0.05) is 5.92 Å². The number of carbonyl (C=O) groups is 1. The Labute approximate surface area is 81.9 Å². The Bertz CT molecular complexity index is 152. The molecule has 0 aromatic carbocycles. The summed E-state index contributed by atoms with van der Waals surface area (Å²) in [5.41, 5.74) is 5.32. The van der Waals surface area contributed by atoms with Crippen LogP contribution >= 0.6 is 0 Å². The maximum atomic E-state index is 11.0. The van der Waals surface area contributed by atoms with Gasteiger partial charge in [-0.1, -0.05) is 40.5 Å². The molecule has 1 amide bonds. The van der Waals surface area contributed by atoms with Crippen LogP contribution in [0.25, 0.3) is 0 Å². The highest BCUT2D eigenvalue weighted by Gasteiger charge is 2.18. The molecule has 78 valence electrons. The molecule has 0 aliphatic carbocycles. The number of amides is 1. The highest BCUT2D eigenvalue weighted by atomic mass is 16.1. The van der Waals surface area contributed by atoms with Gasteiger partial charge in [-0.3, -0.25) is 4.79 Å². The first-order valence-corrected chi connectivity index (χ1v) is 5.24. The van der Waals surface area contributed by atoms with Gasteiger partial charge in [-0.2, -0.15) is 0 Å². The summed E-state index contributed by atoms with van der Waals surface area (Å²) < 4.78 is 0. The van der Waals surface area contributed by atoms with Gasteiger partial charge in [0.15, 0.2) is 0 Å². The molecule has 1 atom stereocenters. The van der Waals surface area contributed by atoms with Crippen molar-refractivity contribution in [1.82, 2.24) is 0 Å². The minimum atomic E-state index is -0.140. The lowest BCUT2D eigenvalue weighted by atomic mass is 9.89. The van der Waals surface area contributed by atoms with Crippen LogP contribution in [-0.4, -0.2) is 5.91 Å². The van der Waals surface area contributed by atoms with E-state index in [9.17, 15) is 4.79 Å². The summed E-state index contributed by atoms with van der Waals surface area (Å²) in [6.07, 6.45) is 3.26. The second kappa shape index (κ2) is 6.01. The molecule has 0 radical (unpaired) electrons. The summed E-state index contributed by atoms with van der Waals surface area (Å²) in [5.74, 6) is 1.03. The Kier molecular flexibility index (Phi) is 5.76. The van der Waals surface area contributed by atoms with Crippen molar-refractivity contribution >= 4 is 5.91 Å². The van der Waals surface area contributed by atoms with Crippen LogP contribution in [-0.2, 0) is 4.79 Å². The van der Waals surface area contributed by atoms with E-state index in [1.807, 2.05) is 0 Å². The molecule has 0 unspecified atom stereocenters. The predicted octanol–water partition coefficient (Wildman–Crippen LogP) is 2.57. The topological polar surface area (TPSA) is 43.1 Å². The zero-order valence-corrected chi connectivity index (χ0v) is 9.34. The predicted molar refractivity (Wildman–Crippen MR) is 56.2 cm³/mol. The molecule has 0 saturated carbocycles. The molecular weight excluding hydrogens is 162 g/mol. The largest absolute Gasteiger partial charge is 0.369 e. The molecule has 0 aliphatic rings. The van der Waals surface area contributed by atoms with Gasteiger partial charge in [-0.25, -0.2) is 0 Å². The van der Waals surface area contributed by atoms with Crippen LogP contribution in [0.4, 0.5) is 0 Å². The van der Waals surface area contributed by atoms with E-state index in [0.717, 1.165) is 18.8 Å². The fourth-order valence-corrected chi connectivity index (χ4v) is 1.55. The van der Waals surface area contributed by atoms with Gasteiger partial charge < -0.3 is 5.73 Å². The van der Waals surface area contributed by atoms with Crippen molar-refractivity contribution in [2.24, 2.45) is 23.5 Å². The number of carbonyl (C=O) groups excluding carboxylic acids is 1. The molecule has 0 aromatic rings. The summed E-state index contributed by atoms with van der Waals surface area (Å²) >= 11 is 0. The molecule has 0 aliphatic heterocycles. The summed E-state index contributed by atoms with van der Waals surface area (Å²) in [4.78, 5) is 11.0. The van der Waals surface area contributed by atoms with Crippen LogP contribution < -0.4 is 5.73 Å². The molecule has 0 fully saturated rings. The minimum absolute atomic E-state index is 0.0683. The van der Waals surface area contributed by atoms with Crippen LogP contribution in [0, 0.1) is 17.8 Å². The number of hydrogen-bond acceptors (Lipinski definition) is 1. The van der Waals surface area contributed by atoms with Crippen molar-refractivity contribution in [2.45, 2.75) is 47.0 Å². The van der Waals surface area contributed by atoms with E-state index in [-0.39, 0.29) is 11.8 Å². The SMILES string of the molecule is CC(C)CCC[C@@H](C(N)=O)C(C)C. The lowest BCUT2D eigenvalue weighted by molar-refractivity contribution is -0.123. The van der Waals surface area contributed by atoms with E-state index in [1.54, 1.807) is 0 Å². The Hall–Kier alpha value is -0.530. The standard InChI is InChI=1S/C11H23NO/c1-8(2)6-5-7-10(9(3)4)11(12)13/h8-10H,5-7H2,1-4H3,(H2,12,13)/t10-/m1/s1. The zero-order chi connectivity index (χ0) is 10.4. The highest BCUT2D eigenvalue weighted by molar-refractivity contribution is 5.76. The van der Waals surface area contributed by atoms with E-state index in [2.05, 4.69) is 27.7 Å². The molecule has 2 heteroatoms. The van der Waals surface area contributed by atoms with Crippen molar-refractivity contribution in [3.8, 4) is 0 Å². The Morgan fingerprint density at radius 2 is 1.69 bits per heavy atom. The lowest BCUT2D eigenvalue weighted by Crippen LogP contribution is -2.27. The van der Waals surface area contributed by atoms with Crippen LogP contribution in [0.2, 0.25) is 0 Å². The van der Waals surface area contributed by atoms with Gasteiger partial charge in [0.05, 0.1) is 0 Å². The van der Waals surface area contributed by atoms with Gasteiger partial charge >= 0.3 is 0 Å². The molecule has 0 spiro atoms. The molecule has 13 heavy (non-hydrogen) atoms. The molecule has 2 nitrogen and oxygen atoms in total. The van der Waals surface area contributed by atoms with E-state index < -0.39 is 0 Å². The van der Waals surface area contributed by atoms with E-state index in [1.165, 1.54) is 6.42 Å². The van der Waals surface area contributed by atoms with Crippen LogP contribution in [0.1, 0.15) is 47.0 Å². The van der Waals surface area contributed by atoms with Crippen molar-refractivity contribution in [3.05, 3.63) is 0 Å². The van der Waals surface area contributed by atoms with E-state index in [0.29, 0.717) is 5.92 Å². The quantitative estimate of drug-likeness (QED) is 0.679. The molecule has 0 heterocycles. The molecule has 0 aromatic heterocycles. The van der Waals surface area contributed by atoms with Gasteiger partial charge in [-0.05, 0) is 18.3 Å². The summed E-state index contributed by atoms with van der Waals surface area (Å²) in [5, 5.41) is 0. The first-order valence-electron chi connectivity index (χ1n) is 5.24. The average molecular weight is 185 g/mol. The van der Waals surface area contributed by atoms with Gasteiger partial charge in [0.1, 0.15) is 0 Å². The number of hydrogen-bond donors (Lipinski definition) is 1. The van der Waals surface area contributed by atoms with Crippen molar-refractivity contribution in [2.75, 3.05) is 0 Å². The summed E-state index contributed by atoms with van der Waals surface area (Å²) in [7, 11) is 0. The third-order valence-corrected chi connectivity index (χ3v) is 2.47. The van der Waals surface area contributed by atoms with Gasteiger partial charge in [0.2, 0.25) is 5.91 Å². The monoisotopic (exact) mass is 185 g/mol. The summed E-state index contributed by atoms with van der Waals surface area (Å²) in [6.45, 7) is 8.53. The Balaban J connectivity index is 3.77. The van der Waals surface area contributed by atoms with Gasteiger partial charge in [0.25, 0.3) is 0 Å². The van der Waals surface area contributed by atoms with Crippen LogP contribution in [0.5, 0.6) is 0 Å². The second-order valence-electron chi connectivity index (χ2n) is 4.58. The van der Waals surface area contributed by atoms with Crippen LogP contribution in [0.15, 0.2) is 0 Å². The number of rotatable bonds is 6. The molecule has 0 bridgehead atoms. The first kappa shape index (κ1) is 12.5. The molecular formula is C11H23NO. The van der Waals surface area contributed by atoms with Crippen molar-refractivity contribution in [1.29, 1.82) is 0 Å². The van der Waals surface area contributed by atoms with E-state index >= 15 is 0 Å². The van der Waals surface area contributed by atoms with Gasteiger partial charge in [-0.15, -0.1) is 0 Å². The normalized spacial score (nSPS) is 13.7.